The fourth-order valence-corrected chi connectivity index (χ4v) is 4.80. The summed E-state index contributed by atoms with van der Waals surface area (Å²) in [6.07, 6.45) is -5.14. The quantitative estimate of drug-likeness (QED) is 0.268. The van der Waals surface area contributed by atoms with Gasteiger partial charge < -0.3 is 30.9 Å². The van der Waals surface area contributed by atoms with Crippen LogP contribution in [-0.2, 0) is 27.2 Å². The summed E-state index contributed by atoms with van der Waals surface area (Å²) >= 11 is 0. The number of aliphatic hydroxyl groups is 2. The zero-order valence-corrected chi connectivity index (χ0v) is 18.1. The molecule has 15 nitrogen and oxygen atoms in total. The van der Waals surface area contributed by atoms with E-state index in [4.69, 9.17) is 4.74 Å². The van der Waals surface area contributed by atoms with Crippen molar-refractivity contribution in [3.8, 4) is 0 Å². The number of aromatic nitrogens is 2. The number of ether oxygens (including phenoxy) is 1. The predicted molar refractivity (Wildman–Crippen MR) is 99.8 cm³/mol. The van der Waals surface area contributed by atoms with Gasteiger partial charge in [-0.25, -0.2) is 13.9 Å². The first-order chi connectivity index (χ1) is 13.1. The predicted octanol–water partition coefficient (Wildman–Crippen LogP) is -0.633. The average molecular weight is 477 g/mol. The van der Waals surface area contributed by atoms with Gasteiger partial charge in [-0.05, 0) is 20.8 Å². The number of aromatic amines is 1. The van der Waals surface area contributed by atoms with Crippen LogP contribution in [0.3, 0.4) is 0 Å². The van der Waals surface area contributed by atoms with Crippen molar-refractivity contribution in [2.24, 2.45) is 0 Å². The molecule has 0 bridgehead atoms. The molecular formula is C13H25N3O12P2. The first kappa shape index (κ1) is 26.8. The Morgan fingerprint density at radius 3 is 2.30 bits per heavy atom. The topological polar surface area (TPSA) is 242 Å². The molecule has 0 radical (unpaired) electrons. The summed E-state index contributed by atoms with van der Waals surface area (Å²) < 4.78 is 43.1. The van der Waals surface area contributed by atoms with Crippen molar-refractivity contribution in [2.45, 2.75) is 50.9 Å². The van der Waals surface area contributed by atoms with Gasteiger partial charge in [0.25, 0.3) is 5.56 Å². The maximum Gasteiger partial charge on any atom is 0.481 e. The number of hydrogen-bond acceptors (Lipinski definition) is 11. The molecule has 1 aromatic rings. The molecule has 6 atom stereocenters. The van der Waals surface area contributed by atoms with Gasteiger partial charge in [0.2, 0.25) is 0 Å². The van der Waals surface area contributed by atoms with E-state index in [0.717, 1.165) is 16.8 Å². The normalized spacial score (nSPS) is 28.4. The van der Waals surface area contributed by atoms with Gasteiger partial charge in [-0.15, -0.1) is 0 Å². The second-order valence-corrected chi connectivity index (χ2v) is 10.1. The smallest absolute Gasteiger partial charge is 0.387 e. The molecule has 0 aliphatic carbocycles. The first-order valence-corrected chi connectivity index (χ1v) is 11.1. The zero-order valence-electron chi connectivity index (χ0n) is 16.3. The fraction of sp³-hybridized carbons (Fsp3) is 0.692. The molecule has 1 aliphatic rings. The van der Waals surface area contributed by atoms with Crippen LogP contribution in [0.2, 0.25) is 0 Å². The third-order valence-corrected chi connectivity index (χ3v) is 6.36. The highest BCUT2D eigenvalue weighted by Gasteiger charge is 2.46. The Bertz CT molecular complexity index is 940. The molecule has 1 saturated heterocycles. The number of phosphoric acid groups is 2. The molecule has 2 rings (SSSR count). The molecule has 174 valence electrons. The summed E-state index contributed by atoms with van der Waals surface area (Å²) in [5, 5.41) is 20.1. The maximum absolute atomic E-state index is 11.9. The summed E-state index contributed by atoms with van der Waals surface area (Å²) in [6.45, 7) is 3.37. The highest BCUT2D eigenvalue weighted by molar-refractivity contribution is 7.61. The van der Waals surface area contributed by atoms with Crippen LogP contribution in [-0.4, -0.2) is 60.1 Å². The van der Waals surface area contributed by atoms with Crippen LogP contribution in [0.4, 0.5) is 0 Å². The highest BCUT2D eigenvalue weighted by Crippen LogP contribution is 2.61. The molecule has 8 N–H and O–H groups in total. The number of phosphoric ester groups is 2. The lowest BCUT2D eigenvalue weighted by Crippen LogP contribution is -2.37. The van der Waals surface area contributed by atoms with Crippen molar-refractivity contribution in [3.63, 3.8) is 0 Å². The molecule has 0 amide bonds. The molecular weight excluding hydrogens is 452 g/mol. The molecule has 1 fully saturated rings. The lowest BCUT2D eigenvalue weighted by Gasteiger charge is -2.24. The minimum atomic E-state index is -5.13. The van der Waals surface area contributed by atoms with Gasteiger partial charge in [0.05, 0.1) is 12.2 Å². The molecule has 17 heteroatoms. The molecule has 0 spiro atoms. The van der Waals surface area contributed by atoms with E-state index in [9.17, 15) is 38.7 Å². The van der Waals surface area contributed by atoms with E-state index in [0.29, 0.717) is 0 Å². The lowest BCUT2D eigenvalue weighted by molar-refractivity contribution is -0.0544. The van der Waals surface area contributed by atoms with Gasteiger partial charge in [0.15, 0.2) is 6.23 Å². The molecule has 30 heavy (non-hydrogen) atoms. The average Bonchev–Trinajstić information content (AvgIpc) is 2.78. The number of rotatable bonds is 7. The van der Waals surface area contributed by atoms with E-state index in [2.05, 4.69) is 13.4 Å². The SMILES string of the molecule is CC(C)(C)OP(=O)(O)OP(=O)(O)OC[C@H]1O[C@@H](n2ccc(=O)[nH]c2=O)[C@H](O)[C@@H]1O.N. The number of nitrogens with zero attached hydrogens (tertiary/aromatic N) is 1. The van der Waals surface area contributed by atoms with E-state index >= 15 is 0 Å². The van der Waals surface area contributed by atoms with Crippen molar-refractivity contribution >= 4 is 15.6 Å². The Hall–Kier alpha value is -1.22. The second kappa shape index (κ2) is 9.51. The molecule has 1 aliphatic heterocycles. The summed E-state index contributed by atoms with van der Waals surface area (Å²) in [5.41, 5.74) is -2.79. The molecule has 1 aromatic heterocycles. The Morgan fingerprint density at radius 1 is 1.17 bits per heavy atom. The van der Waals surface area contributed by atoms with Crippen molar-refractivity contribution in [3.05, 3.63) is 33.1 Å². The Labute approximate surface area is 170 Å². The van der Waals surface area contributed by atoms with Crippen molar-refractivity contribution < 1.29 is 47.2 Å². The van der Waals surface area contributed by atoms with Crippen LogP contribution in [0, 0.1) is 0 Å². The first-order valence-electron chi connectivity index (χ1n) is 8.15. The van der Waals surface area contributed by atoms with Gasteiger partial charge in [-0.1, -0.05) is 0 Å². The summed E-state index contributed by atoms with van der Waals surface area (Å²) in [4.78, 5) is 44.0. The van der Waals surface area contributed by atoms with Crippen molar-refractivity contribution in [2.75, 3.05) is 6.61 Å². The standard InChI is InChI=1S/C13H22N2O12P2.H3N/c1-13(2,3)26-29(22,23)27-28(20,21)24-6-7-9(17)10(18)11(25-7)15-5-4-8(16)14-12(15)19;/h4-5,7,9-11,17-18H,6H2,1-3H3,(H,20,21)(H,22,23)(H,14,16,19);1H3/t7-,9-,10-,11-;/m1./s1. The number of hydrogen-bond donors (Lipinski definition) is 6. The molecule has 2 heterocycles. The Kier molecular flexibility index (Phi) is 8.50. The number of aliphatic hydroxyl groups excluding tert-OH is 2. The fourth-order valence-electron chi connectivity index (χ4n) is 2.41. The zero-order chi connectivity index (χ0) is 22.2. The lowest BCUT2D eigenvalue weighted by atomic mass is 10.1. The minimum absolute atomic E-state index is 0. The van der Waals surface area contributed by atoms with Gasteiger partial charge in [-0.2, -0.15) is 4.31 Å². The van der Waals surface area contributed by atoms with E-state index in [1.54, 1.807) is 0 Å². The minimum Gasteiger partial charge on any atom is -0.387 e. The monoisotopic (exact) mass is 477 g/mol. The van der Waals surface area contributed by atoms with Gasteiger partial charge >= 0.3 is 21.3 Å². The third-order valence-electron chi connectivity index (χ3n) is 3.46. The summed E-state index contributed by atoms with van der Waals surface area (Å²) in [6, 6.07) is 0.984. The van der Waals surface area contributed by atoms with Gasteiger partial charge in [-0.3, -0.25) is 23.4 Å². The second-order valence-electron chi connectivity index (χ2n) is 7.08. The summed E-state index contributed by atoms with van der Waals surface area (Å²) in [5.74, 6) is 0. The van der Waals surface area contributed by atoms with Crippen LogP contribution in [0.1, 0.15) is 27.0 Å². The molecule has 0 saturated carbocycles. The van der Waals surface area contributed by atoms with Crippen LogP contribution in [0.15, 0.2) is 21.9 Å². The van der Waals surface area contributed by atoms with Crippen LogP contribution in [0.25, 0.3) is 0 Å². The van der Waals surface area contributed by atoms with E-state index in [-0.39, 0.29) is 6.15 Å². The van der Waals surface area contributed by atoms with Crippen LogP contribution >= 0.6 is 15.6 Å². The number of nitrogens with one attached hydrogen (secondary N) is 1. The Morgan fingerprint density at radius 2 is 1.77 bits per heavy atom. The van der Waals surface area contributed by atoms with Crippen molar-refractivity contribution in [1.82, 2.24) is 15.7 Å². The highest BCUT2D eigenvalue weighted by atomic mass is 31.3. The molecule has 2 unspecified atom stereocenters. The number of H-pyrrole nitrogens is 1. The third kappa shape index (κ3) is 7.18. The largest absolute Gasteiger partial charge is 0.481 e. The van der Waals surface area contributed by atoms with E-state index < -0.39 is 63.6 Å². The maximum atomic E-state index is 11.9. The summed E-state index contributed by atoms with van der Waals surface area (Å²) in [7, 11) is -10.1. The van der Waals surface area contributed by atoms with Crippen LogP contribution < -0.4 is 17.4 Å². The van der Waals surface area contributed by atoms with Crippen LogP contribution in [0.5, 0.6) is 0 Å². The van der Waals surface area contributed by atoms with E-state index in [1.165, 1.54) is 20.8 Å². The van der Waals surface area contributed by atoms with Crippen molar-refractivity contribution in [1.29, 1.82) is 0 Å². The van der Waals surface area contributed by atoms with Gasteiger partial charge in [0.1, 0.15) is 18.3 Å². The molecule has 0 aromatic carbocycles. The van der Waals surface area contributed by atoms with E-state index in [1.807, 2.05) is 4.98 Å². The van der Waals surface area contributed by atoms with Gasteiger partial charge in [0, 0.05) is 12.3 Å². The Balaban J connectivity index is 0.00000450.